The molecule has 0 atom stereocenters. The maximum absolute atomic E-state index is 13.3. The van der Waals surface area contributed by atoms with Crippen molar-refractivity contribution >= 4 is 26.5 Å². The summed E-state index contributed by atoms with van der Waals surface area (Å²) in [7, 11) is -3.95. The minimum absolute atomic E-state index is 0.0237. The zero-order valence-electron chi connectivity index (χ0n) is 15.6. The van der Waals surface area contributed by atoms with Crippen molar-refractivity contribution in [2.75, 3.05) is 4.31 Å². The van der Waals surface area contributed by atoms with Crippen LogP contribution in [0, 0.1) is 0 Å². The van der Waals surface area contributed by atoms with Gasteiger partial charge in [-0.3, -0.25) is 0 Å². The molecule has 0 fully saturated rings. The Morgan fingerprint density at radius 3 is 2.48 bits per heavy atom. The Kier molecular flexibility index (Phi) is 5.86. The Morgan fingerprint density at radius 1 is 1.10 bits per heavy atom. The van der Waals surface area contributed by atoms with E-state index in [1.54, 1.807) is 23.6 Å². The number of hydrogen-bond acceptors (Lipinski definition) is 8. The van der Waals surface area contributed by atoms with Crippen LogP contribution in [-0.2, 0) is 16.6 Å². The van der Waals surface area contributed by atoms with Crippen LogP contribution in [0.3, 0.4) is 0 Å². The quantitative estimate of drug-likeness (QED) is 0.395. The van der Waals surface area contributed by atoms with E-state index in [4.69, 9.17) is 0 Å². The lowest BCUT2D eigenvalue weighted by atomic mass is 10.3. The molecule has 0 bridgehead atoms. The van der Waals surface area contributed by atoms with Gasteiger partial charge in [0.05, 0.1) is 17.1 Å². The number of anilines is 1. The maximum atomic E-state index is 13.3. The number of hydrogen-bond donors (Lipinski definition) is 0. The highest BCUT2D eigenvalue weighted by Crippen LogP contribution is 2.27. The van der Waals surface area contributed by atoms with Crippen LogP contribution in [0.1, 0.15) is 5.82 Å². The number of thiazole rings is 1. The molecule has 0 saturated carbocycles. The van der Waals surface area contributed by atoms with Gasteiger partial charge in [0.15, 0.2) is 11.0 Å². The fourth-order valence-electron chi connectivity index (χ4n) is 2.72. The Morgan fingerprint density at radius 2 is 1.84 bits per heavy atom. The van der Waals surface area contributed by atoms with Crippen LogP contribution in [0.4, 0.5) is 13.9 Å². The van der Waals surface area contributed by atoms with Gasteiger partial charge in [-0.05, 0) is 46.8 Å². The van der Waals surface area contributed by atoms with E-state index in [0.29, 0.717) is 5.69 Å². The van der Waals surface area contributed by atoms with E-state index in [0.717, 1.165) is 15.6 Å². The van der Waals surface area contributed by atoms with E-state index in [1.807, 2.05) is 0 Å². The van der Waals surface area contributed by atoms with Crippen molar-refractivity contribution in [3.63, 3.8) is 0 Å². The molecular formula is C18H14F2N6O3S2. The van der Waals surface area contributed by atoms with Gasteiger partial charge >= 0.3 is 6.61 Å². The zero-order chi connectivity index (χ0) is 21.8. The predicted molar refractivity (Wildman–Crippen MR) is 108 cm³/mol. The molecule has 0 aliphatic carbocycles. The van der Waals surface area contributed by atoms with Gasteiger partial charge in [-0.25, -0.2) is 17.7 Å². The van der Waals surface area contributed by atoms with Gasteiger partial charge in [0.25, 0.3) is 10.0 Å². The largest absolute Gasteiger partial charge is 0.435 e. The normalized spacial score (nSPS) is 11.6. The number of halogens is 2. The second-order valence-corrected chi connectivity index (χ2v) is 8.75. The lowest BCUT2D eigenvalue weighted by molar-refractivity contribution is -0.0498. The standard InChI is InChI=1S/C18H14F2N6O3S2/c19-17(20)29-14-8-6-13(7-9-14)26-16(22-23-24-26)12-25(18-21-10-11-30-18)31(27,28)15-4-2-1-3-5-15/h1-11,17H,12H2. The Balaban J connectivity index is 1.68. The Bertz CT molecular complexity index is 1230. The SMILES string of the molecule is O=S(=O)(c1ccccc1)N(Cc1nnnn1-c1ccc(OC(F)F)cc1)c1nccs1. The minimum Gasteiger partial charge on any atom is -0.435 e. The lowest BCUT2D eigenvalue weighted by Crippen LogP contribution is -2.31. The summed E-state index contributed by atoms with van der Waals surface area (Å²) in [6.45, 7) is -3.14. The minimum atomic E-state index is -3.95. The summed E-state index contributed by atoms with van der Waals surface area (Å²) in [4.78, 5) is 4.23. The number of sulfonamides is 1. The summed E-state index contributed by atoms with van der Waals surface area (Å²) in [6, 6.07) is 13.6. The summed E-state index contributed by atoms with van der Waals surface area (Å²) in [5.41, 5.74) is 0.442. The Hall–Kier alpha value is -3.45. The monoisotopic (exact) mass is 464 g/mol. The third-order valence-corrected chi connectivity index (χ3v) is 6.75. The van der Waals surface area contributed by atoms with Crippen molar-refractivity contribution in [2.24, 2.45) is 0 Å². The topological polar surface area (TPSA) is 103 Å². The van der Waals surface area contributed by atoms with E-state index in [1.165, 1.54) is 47.3 Å². The first-order chi connectivity index (χ1) is 14.9. The summed E-state index contributed by atoms with van der Waals surface area (Å²) in [5, 5.41) is 13.4. The molecule has 4 rings (SSSR count). The van der Waals surface area contributed by atoms with Crippen molar-refractivity contribution < 1.29 is 21.9 Å². The molecule has 160 valence electrons. The van der Waals surface area contributed by atoms with E-state index in [9.17, 15) is 17.2 Å². The van der Waals surface area contributed by atoms with Crippen molar-refractivity contribution in [3.8, 4) is 11.4 Å². The number of nitrogens with zero attached hydrogens (tertiary/aromatic N) is 6. The van der Waals surface area contributed by atoms with Crippen LogP contribution in [0.5, 0.6) is 5.75 Å². The second-order valence-electron chi connectivity index (χ2n) is 6.02. The smallest absolute Gasteiger partial charge is 0.387 e. The predicted octanol–water partition coefficient (Wildman–Crippen LogP) is 3.12. The van der Waals surface area contributed by atoms with Crippen molar-refractivity contribution in [1.29, 1.82) is 0 Å². The highest BCUT2D eigenvalue weighted by Gasteiger charge is 2.29. The third kappa shape index (κ3) is 4.51. The fourth-order valence-corrected chi connectivity index (χ4v) is 4.98. The molecule has 2 aromatic carbocycles. The van der Waals surface area contributed by atoms with Gasteiger partial charge in [-0.2, -0.15) is 13.5 Å². The molecule has 0 N–H and O–H groups in total. The summed E-state index contributed by atoms with van der Waals surface area (Å²) < 4.78 is 58.0. The first-order valence-corrected chi connectivity index (χ1v) is 11.1. The molecule has 2 heterocycles. The second kappa shape index (κ2) is 8.73. The summed E-state index contributed by atoms with van der Waals surface area (Å²) >= 11 is 1.15. The number of ether oxygens (including phenoxy) is 1. The molecule has 0 radical (unpaired) electrons. The zero-order valence-corrected chi connectivity index (χ0v) is 17.2. The average molecular weight is 464 g/mol. The molecule has 0 spiro atoms. The Labute approximate surface area is 179 Å². The summed E-state index contributed by atoms with van der Waals surface area (Å²) in [5.74, 6) is 0.182. The van der Waals surface area contributed by atoms with Crippen molar-refractivity contribution in [1.82, 2.24) is 25.2 Å². The molecule has 0 unspecified atom stereocenters. The number of rotatable bonds is 8. The van der Waals surface area contributed by atoms with Gasteiger partial charge in [0, 0.05) is 11.6 Å². The van der Waals surface area contributed by atoms with Gasteiger partial charge in [-0.15, -0.1) is 16.4 Å². The van der Waals surface area contributed by atoms with E-state index >= 15 is 0 Å². The molecule has 31 heavy (non-hydrogen) atoms. The third-order valence-electron chi connectivity index (χ3n) is 4.09. The molecule has 2 aromatic heterocycles. The fraction of sp³-hybridized carbons (Fsp3) is 0.111. The molecule has 4 aromatic rings. The van der Waals surface area contributed by atoms with Crippen LogP contribution in [-0.4, -0.2) is 40.2 Å². The van der Waals surface area contributed by atoms with Crippen LogP contribution >= 0.6 is 11.3 Å². The molecular weight excluding hydrogens is 450 g/mol. The number of aromatic nitrogens is 5. The molecule has 0 aliphatic heterocycles. The average Bonchev–Trinajstić information content (AvgIpc) is 3.45. The molecule has 13 heteroatoms. The number of tetrazole rings is 1. The van der Waals surface area contributed by atoms with E-state index < -0.39 is 16.6 Å². The first kappa shape index (κ1) is 20.8. The molecule has 0 aliphatic rings. The lowest BCUT2D eigenvalue weighted by Gasteiger charge is -2.21. The van der Waals surface area contributed by atoms with Crippen molar-refractivity contribution in [3.05, 3.63) is 72.0 Å². The number of alkyl halides is 2. The molecule has 0 saturated heterocycles. The molecule has 0 amide bonds. The molecule has 9 nitrogen and oxygen atoms in total. The van der Waals surface area contributed by atoms with Crippen LogP contribution in [0.25, 0.3) is 5.69 Å². The van der Waals surface area contributed by atoms with Gasteiger partial charge < -0.3 is 4.74 Å². The maximum Gasteiger partial charge on any atom is 0.387 e. The highest BCUT2D eigenvalue weighted by molar-refractivity contribution is 7.93. The van der Waals surface area contributed by atoms with Crippen LogP contribution in [0.15, 0.2) is 71.1 Å². The van der Waals surface area contributed by atoms with Crippen LogP contribution in [0.2, 0.25) is 0 Å². The van der Waals surface area contributed by atoms with E-state index in [2.05, 4.69) is 25.2 Å². The van der Waals surface area contributed by atoms with Gasteiger partial charge in [0.1, 0.15) is 5.75 Å². The van der Waals surface area contributed by atoms with Gasteiger partial charge in [-0.1, -0.05) is 18.2 Å². The highest BCUT2D eigenvalue weighted by atomic mass is 32.2. The first-order valence-electron chi connectivity index (χ1n) is 8.75. The summed E-state index contributed by atoms with van der Waals surface area (Å²) in [6.07, 6.45) is 1.50. The van der Waals surface area contributed by atoms with E-state index in [-0.39, 0.29) is 28.1 Å². The van der Waals surface area contributed by atoms with Crippen LogP contribution < -0.4 is 9.04 Å². The van der Waals surface area contributed by atoms with Crippen molar-refractivity contribution in [2.45, 2.75) is 18.1 Å². The van der Waals surface area contributed by atoms with Gasteiger partial charge in [0.2, 0.25) is 0 Å². The number of benzene rings is 2.